The largest absolute Gasteiger partial charge is 0.481 e. The van der Waals surface area contributed by atoms with Gasteiger partial charge in [-0.15, -0.1) is 0 Å². The van der Waals surface area contributed by atoms with Gasteiger partial charge in [-0.1, -0.05) is 60.7 Å². The minimum Gasteiger partial charge on any atom is -0.481 e. The van der Waals surface area contributed by atoms with E-state index in [1.807, 2.05) is 48.5 Å². The highest BCUT2D eigenvalue weighted by molar-refractivity contribution is 6.00. The third kappa shape index (κ3) is 5.09. The summed E-state index contributed by atoms with van der Waals surface area (Å²) in [6.07, 6.45) is 3.91. The first-order chi connectivity index (χ1) is 18.5. The number of aliphatic carboxylic acids is 1. The van der Waals surface area contributed by atoms with E-state index in [9.17, 15) is 19.5 Å². The van der Waals surface area contributed by atoms with Gasteiger partial charge in [0.2, 0.25) is 5.91 Å². The van der Waals surface area contributed by atoms with Crippen LogP contribution in [0.2, 0.25) is 0 Å². The summed E-state index contributed by atoms with van der Waals surface area (Å²) in [7, 11) is 0. The Kier molecular flexibility index (Phi) is 7.60. The molecule has 2 aliphatic rings. The van der Waals surface area contributed by atoms with Gasteiger partial charge in [0, 0.05) is 6.54 Å². The maximum absolute atomic E-state index is 14.1. The van der Waals surface area contributed by atoms with Gasteiger partial charge in [0.05, 0.1) is 31.9 Å². The first-order valence-electron chi connectivity index (χ1n) is 13.0. The maximum Gasteiger partial charge on any atom is 0.309 e. The molecule has 0 bridgehead atoms. The van der Waals surface area contributed by atoms with Crippen molar-refractivity contribution in [2.75, 3.05) is 19.7 Å². The zero-order chi connectivity index (χ0) is 26.5. The van der Waals surface area contributed by atoms with Crippen LogP contribution in [0.5, 0.6) is 0 Å². The van der Waals surface area contributed by atoms with Crippen molar-refractivity contribution in [1.82, 2.24) is 9.80 Å². The summed E-state index contributed by atoms with van der Waals surface area (Å²) in [5.41, 5.74) is 0.745. The van der Waals surface area contributed by atoms with Gasteiger partial charge in [-0.05, 0) is 48.9 Å². The van der Waals surface area contributed by atoms with Gasteiger partial charge in [0.25, 0.3) is 5.91 Å². The van der Waals surface area contributed by atoms with E-state index in [0.717, 1.165) is 24.8 Å². The summed E-state index contributed by atoms with van der Waals surface area (Å²) in [5.74, 6) is -2.25. The number of carbonyl (C=O) groups excluding carboxylic acids is 2. The topological polar surface area (TPSA) is 100 Å². The first-order valence-corrected chi connectivity index (χ1v) is 13.0. The molecule has 1 aromatic heterocycles. The number of rotatable bonds is 11. The molecule has 1 N–H and O–H groups in total. The summed E-state index contributed by atoms with van der Waals surface area (Å²) in [6, 6.07) is 22.1. The molecule has 2 fully saturated rings. The molecule has 3 aromatic rings. The molecule has 38 heavy (non-hydrogen) atoms. The number of carboxylic acids is 1. The van der Waals surface area contributed by atoms with E-state index in [1.54, 1.807) is 17.0 Å². The normalized spacial score (nSPS) is 23.1. The van der Waals surface area contributed by atoms with Crippen molar-refractivity contribution in [3.05, 3.63) is 95.9 Å². The maximum atomic E-state index is 14.1. The lowest BCUT2D eigenvalue weighted by atomic mass is 9.88. The van der Waals surface area contributed by atoms with Crippen molar-refractivity contribution >= 4 is 17.8 Å². The molecule has 0 aliphatic carbocycles. The Morgan fingerprint density at radius 2 is 1.68 bits per heavy atom. The SMILES string of the molecule is O=C(O)C1C[C@]2(COCc3ccccc3)C(=O)N(CCCCc3ccccc3)CC(=O)N2C1c1ccco1. The molecule has 0 saturated carbocycles. The van der Waals surface area contributed by atoms with Crippen LogP contribution in [0.15, 0.2) is 83.5 Å². The molecule has 8 heteroatoms. The number of hydrogen-bond acceptors (Lipinski definition) is 5. The standard InChI is InChI=1S/C30H32N2O6/c33-26-19-31(16-8-7-12-22-10-3-1-4-11-22)29(36)30(21-37-20-23-13-5-2-6-14-23)18-24(28(34)35)27(32(26)30)25-15-9-17-38-25/h1-6,9-11,13-15,17,24,27H,7-8,12,16,18-21H2,(H,34,35)/t24?,27?,30-/m0/s1. The number of furan rings is 1. The lowest BCUT2D eigenvalue weighted by Gasteiger charge is -2.46. The number of benzene rings is 2. The van der Waals surface area contributed by atoms with Gasteiger partial charge in [0.1, 0.15) is 17.3 Å². The number of aryl methyl sites for hydroxylation is 1. The predicted molar refractivity (Wildman–Crippen MR) is 139 cm³/mol. The van der Waals surface area contributed by atoms with Crippen LogP contribution in [0.1, 0.15) is 42.2 Å². The highest BCUT2D eigenvalue weighted by Crippen LogP contribution is 2.50. The summed E-state index contributed by atoms with van der Waals surface area (Å²) in [4.78, 5) is 43.1. The van der Waals surface area contributed by atoms with E-state index in [1.165, 1.54) is 16.7 Å². The molecule has 2 unspecified atom stereocenters. The van der Waals surface area contributed by atoms with Crippen LogP contribution in [-0.2, 0) is 32.1 Å². The third-order valence-electron chi connectivity index (χ3n) is 7.55. The molecular formula is C30H32N2O6. The molecule has 0 spiro atoms. The lowest BCUT2D eigenvalue weighted by molar-refractivity contribution is -0.169. The second-order valence-electron chi connectivity index (χ2n) is 10.1. The minimum atomic E-state index is -1.41. The first kappa shape index (κ1) is 25.7. The number of piperazine rings is 1. The fourth-order valence-corrected chi connectivity index (χ4v) is 5.78. The number of ether oxygens (including phenoxy) is 1. The molecule has 3 atom stereocenters. The molecule has 2 amide bonds. The Labute approximate surface area is 221 Å². The van der Waals surface area contributed by atoms with Gasteiger partial charge >= 0.3 is 5.97 Å². The van der Waals surface area contributed by atoms with Crippen LogP contribution >= 0.6 is 0 Å². The van der Waals surface area contributed by atoms with E-state index in [4.69, 9.17) is 9.15 Å². The average Bonchev–Trinajstić information content (AvgIpc) is 3.58. The molecular weight excluding hydrogens is 484 g/mol. The second-order valence-corrected chi connectivity index (χ2v) is 10.1. The zero-order valence-corrected chi connectivity index (χ0v) is 21.2. The molecule has 2 saturated heterocycles. The molecule has 8 nitrogen and oxygen atoms in total. The Morgan fingerprint density at radius 1 is 0.974 bits per heavy atom. The Morgan fingerprint density at radius 3 is 2.34 bits per heavy atom. The van der Waals surface area contributed by atoms with Gasteiger partial charge in [0.15, 0.2) is 0 Å². The molecule has 198 valence electrons. The van der Waals surface area contributed by atoms with E-state index in [2.05, 4.69) is 12.1 Å². The predicted octanol–water partition coefficient (Wildman–Crippen LogP) is 4.07. The Bertz CT molecular complexity index is 1250. The van der Waals surface area contributed by atoms with Crippen LogP contribution in [0.25, 0.3) is 0 Å². The third-order valence-corrected chi connectivity index (χ3v) is 7.55. The number of fused-ring (bicyclic) bond motifs is 1. The van der Waals surface area contributed by atoms with E-state index in [-0.39, 0.29) is 38.0 Å². The van der Waals surface area contributed by atoms with Crippen LogP contribution < -0.4 is 0 Å². The minimum absolute atomic E-state index is 0.0341. The van der Waals surface area contributed by atoms with Gasteiger partial charge in [-0.25, -0.2) is 0 Å². The van der Waals surface area contributed by atoms with Crippen molar-refractivity contribution in [1.29, 1.82) is 0 Å². The summed E-state index contributed by atoms with van der Waals surface area (Å²) in [6.45, 7) is 0.495. The molecule has 2 aliphatic heterocycles. The van der Waals surface area contributed by atoms with Crippen LogP contribution in [0.3, 0.4) is 0 Å². The fourth-order valence-electron chi connectivity index (χ4n) is 5.78. The molecule has 2 aromatic carbocycles. The number of nitrogens with zero attached hydrogens (tertiary/aromatic N) is 2. The van der Waals surface area contributed by atoms with Crippen LogP contribution in [0.4, 0.5) is 0 Å². The van der Waals surface area contributed by atoms with Crippen LogP contribution in [0, 0.1) is 5.92 Å². The lowest BCUT2D eigenvalue weighted by Crippen LogP contribution is -2.67. The van der Waals surface area contributed by atoms with Crippen molar-refractivity contribution in [2.24, 2.45) is 5.92 Å². The van der Waals surface area contributed by atoms with E-state index in [0.29, 0.717) is 12.3 Å². The van der Waals surface area contributed by atoms with Crippen molar-refractivity contribution in [3.63, 3.8) is 0 Å². The zero-order valence-electron chi connectivity index (χ0n) is 21.2. The Balaban J connectivity index is 1.38. The second kappa shape index (κ2) is 11.2. The Hall–Kier alpha value is -3.91. The molecule has 5 rings (SSSR count). The van der Waals surface area contributed by atoms with Gasteiger partial charge < -0.3 is 24.1 Å². The number of amides is 2. The van der Waals surface area contributed by atoms with Crippen LogP contribution in [-0.4, -0.2) is 57.9 Å². The molecule has 0 radical (unpaired) electrons. The van der Waals surface area contributed by atoms with Gasteiger partial charge in [-0.2, -0.15) is 0 Å². The highest BCUT2D eigenvalue weighted by Gasteiger charge is 2.64. The van der Waals surface area contributed by atoms with E-state index < -0.39 is 23.5 Å². The van der Waals surface area contributed by atoms with Crippen molar-refractivity contribution in [3.8, 4) is 0 Å². The quantitative estimate of drug-likeness (QED) is 0.386. The average molecular weight is 517 g/mol. The number of hydrogen-bond donors (Lipinski definition) is 1. The van der Waals surface area contributed by atoms with Crippen molar-refractivity contribution in [2.45, 2.75) is 43.9 Å². The highest BCUT2D eigenvalue weighted by atomic mass is 16.5. The summed E-state index contributed by atoms with van der Waals surface area (Å²) < 4.78 is 11.6. The molecule has 3 heterocycles. The summed E-state index contributed by atoms with van der Waals surface area (Å²) in [5, 5.41) is 10.1. The fraction of sp³-hybridized carbons (Fsp3) is 0.367. The van der Waals surface area contributed by atoms with Gasteiger partial charge in [-0.3, -0.25) is 14.4 Å². The van der Waals surface area contributed by atoms with Crippen molar-refractivity contribution < 1.29 is 28.6 Å². The smallest absolute Gasteiger partial charge is 0.309 e. The number of carboxylic acid groups (broad SMARTS) is 1. The monoisotopic (exact) mass is 516 g/mol. The number of unbranched alkanes of at least 4 members (excludes halogenated alkanes) is 1. The van der Waals surface area contributed by atoms with E-state index >= 15 is 0 Å². The number of carbonyl (C=O) groups is 3. The summed E-state index contributed by atoms with van der Waals surface area (Å²) >= 11 is 0.